The van der Waals surface area contributed by atoms with Crippen molar-refractivity contribution in [3.05, 3.63) is 92.2 Å². The van der Waals surface area contributed by atoms with Crippen LogP contribution in [0.15, 0.2) is 69.6 Å². The largest absolute Gasteiger partial charge is 0.496 e. The summed E-state index contributed by atoms with van der Waals surface area (Å²) in [6.07, 6.45) is 0. The van der Waals surface area contributed by atoms with Crippen LogP contribution >= 0.6 is 11.3 Å². The van der Waals surface area contributed by atoms with Crippen LogP contribution in [0.25, 0.3) is 10.2 Å². The van der Waals surface area contributed by atoms with E-state index in [-0.39, 0.29) is 18.8 Å². The van der Waals surface area contributed by atoms with Crippen LogP contribution in [0, 0.1) is 5.82 Å². The molecule has 1 amide bonds. The minimum absolute atomic E-state index is 0.00947. The van der Waals surface area contributed by atoms with E-state index in [1.165, 1.54) is 41.2 Å². The zero-order valence-corrected chi connectivity index (χ0v) is 17.3. The summed E-state index contributed by atoms with van der Waals surface area (Å²) < 4.78 is 21.8. The van der Waals surface area contributed by atoms with Gasteiger partial charge in [0.05, 0.1) is 24.9 Å². The van der Waals surface area contributed by atoms with E-state index >= 15 is 0 Å². The van der Waals surface area contributed by atoms with Crippen LogP contribution in [0.4, 0.5) is 10.1 Å². The number of methoxy groups -OCH3 is 1. The Morgan fingerprint density at radius 3 is 2.58 bits per heavy atom. The van der Waals surface area contributed by atoms with Gasteiger partial charge in [-0.1, -0.05) is 30.3 Å². The lowest BCUT2D eigenvalue weighted by Gasteiger charge is -2.14. The molecule has 0 fully saturated rings. The fourth-order valence-electron chi connectivity index (χ4n) is 3.33. The van der Waals surface area contributed by atoms with Gasteiger partial charge in [-0.15, -0.1) is 11.3 Å². The Kier molecular flexibility index (Phi) is 5.68. The standard InChI is InChI=1S/C22H18FN3O4S/c1-30-18-9-5-2-6-14(18)12-26-21(28)20-17(10-11-31-20)25(22(26)29)13-19(27)24-16-8-4-3-7-15(16)23/h2-11H,12-13H2,1H3,(H,24,27). The monoisotopic (exact) mass is 439 g/mol. The van der Waals surface area contributed by atoms with Crippen molar-refractivity contribution < 1.29 is 13.9 Å². The molecule has 4 aromatic rings. The molecule has 158 valence electrons. The fourth-order valence-corrected chi connectivity index (χ4v) is 4.17. The second-order valence-corrected chi connectivity index (χ2v) is 7.65. The third-order valence-corrected chi connectivity index (χ3v) is 5.70. The maximum Gasteiger partial charge on any atom is 0.332 e. The first-order chi connectivity index (χ1) is 15.0. The molecular formula is C22H18FN3O4S. The van der Waals surface area contributed by atoms with E-state index in [4.69, 9.17) is 4.74 Å². The quantitative estimate of drug-likeness (QED) is 0.501. The van der Waals surface area contributed by atoms with Gasteiger partial charge in [0.1, 0.15) is 22.8 Å². The molecular weight excluding hydrogens is 421 g/mol. The van der Waals surface area contributed by atoms with E-state index < -0.39 is 23.0 Å². The number of anilines is 1. The van der Waals surface area contributed by atoms with Gasteiger partial charge >= 0.3 is 5.69 Å². The summed E-state index contributed by atoms with van der Waals surface area (Å²) in [6, 6.07) is 14.5. The van der Waals surface area contributed by atoms with Crippen molar-refractivity contribution >= 4 is 33.1 Å². The molecule has 0 aliphatic carbocycles. The lowest BCUT2D eigenvalue weighted by Crippen LogP contribution is -2.41. The molecule has 7 nitrogen and oxygen atoms in total. The average molecular weight is 439 g/mol. The lowest BCUT2D eigenvalue weighted by atomic mass is 10.2. The number of hydrogen-bond donors (Lipinski definition) is 1. The summed E-state index contributed by atoms with van der Waals surface area (Å²) in [5.41, 5.74) is -0.0379. The zero-order chi connectivity index (χ0) is 22.0. The molecule has 0 bridgehead atoms. The van der Waals surface area contributed by atoms with Gasteiger partial charge in [0, 0.05) is 5.56 Å². The molecule has 0 aliphatic heterocycles. The van der Waals surface area contributed by atoms with Gasteiger partial charge in [-0.3, -0.25) is 18.7 Å². The molecule has 2 aromatic carbocycles. The number of nitrogens with zero attached hydrogens (tertiary/aromatic N) is 2. The number of nitrogens with one attached hydrogen (secondary N) is 1. The number of para-hydroxylation sites is 2. The Labute approximate surface area is 180 Å². The molecule has 4 rings (SSSR count). The fraction of sp³-hybridized carbons (Fsp3) is 0.136. The van der Waals surface area contributed by atoms with Gasteiger partial charge in [0.15, 0.2) is 0 Å². The van der Waals surface area contributed by atoms with Crippen molar-refractivity contribution in [2.24, 2.45) is 0 Å². The smallest absolute Gasteiger partial charge is 0.332 e. The van der Waals surface area contributed by atoms with Crippen LogP contribution in [0.2, 0.25) is 0 Å². The predicted molar refractivity (Wildman–Crippen MR) is 117 cm³/mol. The van der Waals surface area contributed by atoms with Gasteiger partial charge in [-0.2, -0.15) is 0 Å². The number of halogens is 1. The lowest BCUT2D eigenvalue weighted by molar-refractivity contribution is -0.116. The van der Waals surface area contributed by atoms with E-state index in [2.05, 4.69) is 5.32 Å². The summed E-state index contributed by atoms with van der Waals surface area (Å²) >= 11 is 1.19. The summed E-state index contributed by atoms with van der Waals surface area (Å²) in [4.78, 5) is 38.7. The summed E-state index contributed by atoms with van der Waals surface area (Å²) in [7, 11) is 1.51. The maximum absolute atomic E-state index is 13.9. The number of carbonyl (C=O) groups excluding carboxylic acids is 1. The first-order valence-electron chi connectivity index (χ1n) is 9.36. The molecule has 0 saturated heterocycles. The van der Waals surface area contributed by atoms with Crippen LogP contribution in [0.3, 0.4) is 0 Å². The van der Waals surface area contributed by atoms with Crippen LogP contribution < -0.4 is 21.3 Å². The van der Waals surface area contributed by atoms with Gasteiger partial charge in [-0.25, -0.2) is 9.18 Å². The molecule has 31 heavy (non-hydrogen) atoms. The van der Waals surface area contributed by atoms with Crippen molar-refractivity contribution in [1.29, 1.82) is 0 Å². The maximum atomic E-state index is 13.9. The number of ether oxygens (including phenoxy) is 1. The van der Waals surface area contributed by atoms with Crippen molar-refractivity contribution in [3.63, 3.8) is 0 Å². The van der Waals surface area contributed by atoms with Crippen LogP contribution in [0.5, 0.6) is 5.75 Å². The van der Waals surface area contributed by atoms with E-state index in [9.17, 15) is 18.8 Å². The number of amides is 1. The highest BCUT2D eigenvalue weighted by Crippen LogP contribution is 2.19. The molecule has 0 saturated carbocycles. The zero-order valence-electron chi connectivity index (χ0n) is 16.5. The number of fused-ring (bicyclic) bond motifs is 1. The highest BCUT2D eigenvalue weighted by molar-refractivity contribution is 7.17. The van der Waals surface area contributed by atoms with Gasteiger partial charge in [0.2, 0.25) is 5.91 Å². The average Bonchev–Trinajstić information content (AvgIpc) is 3.26. The van der Waals surface area contributed by atoms with Gasteiger partial charge in [0.25, 0.3) is 5.56 Å². The van der Waals surface area contributed by atoms with Crippen LogP contribution in [0.1, 0.15) is 5.56 Å². The van der Waals surface area contributed by atoms with Crippen molar-refractivity contribution in [2.75, 3.05) is 12.4 Å². The van der Waals surface area contributed by atoms with Crippen molar-refractivity contribution in [2.45, 2.75) is 13.1 Å². The Hall–Kier alpha value is -3.72. The predicted octanol–water partition coefficient (Wildman–Crippen LogP) is 3.06. The van der Waals surface area contributed by atoms with Crippen LogP contribution in [-0.4, -0.2) is 22.2 Å². The van der Waals surface area contributed by atoms with Gasteiger partial charge in [-0.05, 0) is 29.6 Å². The third kappa shape index (κ3) is 3.99. The highest BCUT2D eigenvalue weighted by Gasteiger charge is 2.18. The SMILES string of the molecule is COc1ccccc1Cn1c(=O)c2sccc2n(CC(=O)Nc2ccccc2F)c1=O. The second-order valence-electron chi connectivity index (χ2n) is 6.73. The Bertz CT molecular complexity index is 1390. The highest BCUT2D eigenvalue weighted by atomic mass is 32.1. The molecule has 0 aliphatic rings. The molecule has 0 spiro atoms. The number of thiophene rings is 1. The Morgan fingerprint density at radius 1 is 1.06 bits per heavy atom. The molecule has 2 aromatic heterocycles. The van der Waals surface area contributed by atoms with E-state index in [0.717, 1.165) is 4.57 Å². The minimum atomic E-state index is -0.634. The number of carbonyl (C=O) groups is 1. The molecule has 0 atom stereocenters. The summed E-state index contributed by atoms with van der Waals surface area (Å²) in [6.45, 7) is -0.378. The molecule has 2 heterocycles. The first kappa shape index (κ1) is 20.5. The summed E-state index contributed by atoms with van der Waals surface area (Å²) in [5.74, 6) is -0.615. The molecule has 1 N–H and O–H groups in total. The van der Waals surface area contributed by atoms with E-state index in [0.29, 0.717) is 21.5 Å². The normalized spacial score (nSPS) is 10.9. The van der Waals surface area contributed by atoms with Crippen molar-refractivity contribution in [1.82, 2.24) is 9.13 Å². The molecule has 0 unspecified atom stereocenters. The first-order valence-corrected chi connectivity index (χ1v) is 10.2. The molecule has 0 radical (unpaired) electrons. The van der Waals surface area contributed by atoms with E-state index in [1.54, 1.807) is 41.8 Å². The third-order valence-electron chi connectivity index (χ3n) is 4.81. The van der Waals surface area contributed by atoms with Crippen LogP contribution in [-0.2, 0) is 17.9 Å². The number of aromatic nitrogens is 2. The topological polar surface area (TPSA) is 82.3 Å². The van der Waals surface area contributed by atoms with Crippen molar-refractivity contribution in [3.8, 4) is 5.75 Å². The number of hydrogen-bond acceptors (Lipinski definition) is 5. The second kappa shape index (κ2) is 8.57. The Morgan fingerprint density at radius 2 is 1.81 bits per heavy atom. The minimum Gasteiger partial charge on any atom is -0.496 e. The number of benzene rings is 2. The Balaban J connectivity index is 1.75. The molecule has 9 heteroatoms. The van der Waals surface area contributed by atoms with E-state index in [1.807, 2.05) is 0 Å². The number of rotatable bonds is 6. The summed E-state index contributed by atoms with van der Waals surface area (Å²) in [5, 5.41) is 4.15. The van der Waals surface area contributed by atoms with Gasteiger partial charge < -0.3 is 10.1 Å².